The number of aliphatic imine (C=N–C) groups is 1. The van der Waals surface area contributed by atoms with Crippen LogP contribution >= 0.6 is 0 Å². The van der Waals surface area contributed by atoms with Crippen LogP contribution in [0.25, 0.3) is 0 Å². The van der Waals surface area contributed by atoms with Crippen molar-refractivity contribution < 1.29 is 4.48 Å². The third kappa shape index (κ3) is 7.62. The van der Waals surface area contributed by atoms with Crippen molar-refractivity contribution in [2.45, 2.75) is 79.1 Å². The largest absolute Gasteiger partial charge is 0.317 e. The van der Waals surface area contributed by atoms with E-state index < -0.39 is 0 Å². The summed E-state index contributed by atoms with van der Waals surface area (Å²) in [5.41, 5.74) is 0. The molecule has 0 N–H and O–H groups in total. The van der Waals surface area contributed by atoms with Crippen molar-refractivity contribution >= 4 is 5.96 Å². The van der Waals surface area contributed by atoms with Gasteiger partial charge in [-0.2, -0.15) is 0 Å². The molecule has 0 aromatic heterocycles. The molecule has 3 nitrogen and oxygen atoms in total. The van der Waals surface area contributed by atoms with Crippen LogP contribution in [0.5, 0.6) is 0 Å². The molecular formula is C19H42N3+. The second kappa shape index (κ2) is 12.9. The summed E-state index contributed by atoms with van der Waals surface area (Å²) in [7, 11) is 4.36. The molecule has 0 aliphatic rings. The molecule has 0 aliphatic heterocycles. The fraction of sp³-hybridized carbons (Fsp3) is 0.947. The van der Waals surface area contributed by atoms with Crippen molar-refractivity contribution in [1.29, 1.82) is 0 Å². The predicted molar refractivity (Wildman–Crippen MR) is 100 cm³/mol. The molecule has 0 rings (SSSR count). The SMILES string of the molecule is CCCCN=C(N(C)C)[N+](CCCC)(CCCC)CCCC. The molecule has 132 valence electrons. The Balaban J connectivity index is 5.40. The highest BCUT2D eigenvalue weighted by Gasteiger charge is 2.34. The van der Waals surface area contributed by atoms with E-state index in [2.05, 4.69) is 46.7 Å². The van der Waals surface area contributed by atoms with E-state index in [1.54, 1.807) is 0 Å². The Labute approximate surface area is 140 Å². The molecule has 0 aromatic carbocycles. The monoisotopic (exact) mass is 312 g/mol. The molecule has 0 saturated heterocycles. The van der Waals surface area contributed by atoms with Gasteiger partial charge < -0.3 is 4.90 Å². The third-order valence-corrected chi connectivity index (χ3v) is 4.41. The van der Waals surface area contributed by atoms with Gasteiger partial charge in [0, 0.05) is 20.6 Å². The standard InChI is InChI=1S/C19H42N3/c1-7-11-15-20-19(21(5)6)22(16-12-8-2,17-13-9-3)18-14-10-4/h7-18H2,1-6H3/q+1. The molecule has 0 heterocycles. The molecule has 0 atom stereocenters. The highest BCUT2D eigenvalue weighted by atomic mass is 15.5. The van der Waals surface area contributed by atoms with Gasteiger partial charge in [-0.3, -0.25) is 4.48 Å². The zero-order chi connectivity index (χ0) is 16.8. The van der Waals surface area contributed by atoms with Crippen molar-refractivity contribution in [2.75, 3.05) is 40.3 Å². The third-order valence-electron chi connectivity index (χ3n) is 4.41. The van der Waals surface area contributed by atoms with Crippen LogP contribution in [-0.4, -0.2) is 55.6 Å². The van der Waals surface area contributed by atoms with E-state index in [0.29, 0.717) is 0 Å². The summed E-state index contributed by atoms with van der Waals surface area (Å²) >= 11 is 0. The number of hydrogen-bond acceptors (Lipinski definition) is 1. The first-order chi connectivity index (χ1) is 10.6. The van der Waals surface area contributed by atoms with Gasteiger partial charge in [0.15, 0.2) is 0 Å². The van der Waals surface area contributed by atoms with E-state index in [9.17, 15) is 0 Å². The second-order valence-electron chi connectivity index (χ2n) is 6.81. The number of nitrogens with zero attached hydrogens (tertiary/aromatic N) is 3. The lowest BCUT2D eigenvalue weighted by Gasteiger charge is -2.41. The highest BCUT2D eigenvalue weighted by molar-refractivity contribution is 5.72. The molecule has 22 heavy (non-hydrogen) atoms. The quantitative estimate of drug-likeness (QED) is 0.216. The molecule has 0 unspecified atom stereocenters. The maximum atomic E-state index is 5.06. The number of rotatable bonds is 12. The van der Waals surface area contributed by atoms with Crippen LogP contribution in [0.1, 0.15) is 79.1 Å². The summed E-state index contributed by atoms with van der Waals surface area (Å²) in [4.78, 5) is 7.35. The Morgan fingerprint density at radius 1 is 0.727 bits per heavy atom. The van der Waals surface area contributed by atoms with Crippen LogP contribution in [0.2, 0.25) is 0 Å². The minimum Gasteiger partial charge on any atom is -0.317 e. The molecule has 0 amide bonds. The molecular weight excluding hydrogens is 270 g/mol. The van der Waals surface area contributed by atoms with Crippen LogP contribution in [0, 0.1) is 0 Å². The highest BCUT2D eigenvalue weighted by Crippen LogP contribution is 2.18. The first-order valence-corrected chi connectivity index (χ1v) is 9.66. The van der Waals surface area contributed by atoms with Crippen molar-refractivity contribution in [3.05, 3.63) is 0 Å². The fourth-order valence-corrected chi connectivity index (χ4v) is 3.07. The lowest BCUT2D eigenvalue weighted by molar-refractivity contribution is -0.848. The molecule has 0 fully saturated rings. The molecule has 0 saturated carbocycles. The fourth-order valence-electron chi connectivity index (χ4n) is 3.07. The van der Waals surface area contributed by atoms with Crippen molar-refractivity contribution in [3.63, 3.8) is 0 Å². The summed E-state index contributed by atoms with van der Waals surface area (Å²) in [6, 6.07) is 0. The van der Waals surface area contributed by atoms with Crippen LogP contribution in [0.4, 0.5) is 0 Å². The number of guanidine groups is 1. The van der Waals surface area contributed by atoms with E-state index in [4.69, 9.17) is 4.99 Å². The molecule has 0 aliphatic carbocycles. The van der Waals surface area contributed by atoms with Crippen molar-refractivity contribution in [2.24, 2.45) is 4.99 Å². The predicted octanol–water partition coefficient (Wildman–Crippen LogP) is 4.92. The van der Waals surface area contributed by atoms with Crippen LogP contribution in [-0.2, 0) is 0 Å². The number of hydrogen-bond donors (Lipinski definition) is 0. The van der Waals surface area contributed by atoms with E-state index in [0.717, 1.165) is 11.0 Å². The minimum atomic E-state index is 0.981. The number of unbranched alkanes of at least 4 members (excludes halogenated alkanes) is 4. The van der Waals surface area contributed by atoms with Crippen LogP contribution < -0.4 is 0 Å². The van der Waals surface area contributed by atoms with E-state index in [1.807, 2.05) is 0 Å². The maximum absolute atomic E-state index is 5.06. The lowest BCUT2D eigenvalue weighted by Crippen LogP contribution is -2.59. The van der Waals surface area contributed by atoms with E-state index >= 15 is 0 Å². The second-order valence-corrected chi connectivity index (χ2v) is 6.81. The summed E-state index contributed by atoms with van der Waals surface area (Å²) < 4.78 is 1.10. The molecule has 0 aromatic rings. The summed E-state index contributed by atoms with van der Waals surface area (Å²) in [5.74, 6) is 1.32. The van der Waals surface area contributed by atoms with Gasteiger partial charge in [-0.25, -0.2) is 4.99 Å². The maximum Gasteiger partial charge on any atom is 0.299 e. The van der Waals surface area contributed by atoms with Crippen molar-refractivity contribution in [1.82, 2.24) is 4.90 Å². The van der Waals surface area contributed by atoms with E-state index in [1.165, 1.54) is 77.0 Å². The van der Waals surface area contributed by atoms with Crippen LogP contribution in [0.15, 0.2) is 4.99 Å². The zero-order valence-electron chi connectivity index (χ0n) is 16.3. The molecule has 3 heteroatoms. The zero-order valence-corrected chi connectivity index (χ0v) is 16.3. The van der Waals surface area contributed by atoms with Gasteiger partial charge in [0.2, 0.25) is 0 Å². The van der Waals surface area contributed by atoms with Gasteiger partial charge in [0.25, 0.3) is 5.96 Å². The average molecular weight is 313 g/mol. The Hall–Kier alpha value is -0.570. The van der Waals surface area contributed by atoms with E-state index in [-0.39, 0.29) is 0 Å². The van der Waals surface area contributed by atoms with Gasteiger partial charge in [-0.1, -0.05) is 53.4 Å². The van der Waals surface area contributed by atoms with Crippen molar-refractivity contribution in [3.8, 4) is 0 Å². The Morgan fingerprint density at radius 2 is 1.14 bits per heavy atom. The first-order valence-electron chi connectivity index (χ1n) is 9.66. The Morgan fingerprint density at radius 3 is 1.45 bits per heavy atom. The molecule has 0 radical (unpaired) electrons. The summed E-state index contributed by atoms with van der Waals surface area (Å²) in [6.07, 6.45) is 10.1. The van der Waals surface area contributed by atoms with Gasteiger partial charge >= 0.3 is 0 Å². The first kappa shape index (κ1) is 21.4. The lowest BCUT2D eigenvalue weighted by atomic mass is 10.1. The molecule has 0 spiro atoms. The number of quaternary nitrogens is 1. The molecule has 0 bridgehead atoms. The average Bonchev–Trinajstić information content (AvgIpc) is 2.51. The van der Waals surface area contributed by atoms with Gasteiger partial charge in [0.05, 0.1) is 19.6 Å². The smallest absolute Gasteiger partial charge is 0.299 e. The summed E-state index contributed by atoms with van der Waals surface area (Å²) in [5, 5.41) is 0. The van der Waals surface area contributed by atoms with Gasteiger partial charge in [-0.15, -0.1) is 0 Å². The topological polar surface area (TPSA) is 15.6 Å². The minimum absolute atomic E-state index is 0.981. The summed E-state index contributed by atoms with van der Waals surface area (Å²) in [6.45, 7) is 13.9. The van der Waals surface area contributed by atoms with Crippen LogP contribution in [0.3, 0.4) is 0 Å². The normalized spacial score (nSPS) is 12.7. The Bertz CT molecular complexity index is 263. The van der Waals surface area contributed by atoms with Gasteiger partial charge in [-0.05, 0) is 25.7 Å². The van der Waals surface area contributed by atoms with Gasteiger partial charge in [0.1, 0.15) is 0 Å². The Kier molecular flexibility index (Phi) is 12.6.